The van der Waals surface area contributed by atoms with Crippen LogP contribution in [0.25, 0.3) is 10.2 Å². The number of fused-ring (bicyclic) bond motifs is 1. The second kappa shape index (κ2) is 5.97. The van der Waals surface area contributed by atoms with Crippen LogP contribution in [0.5, 0.6) is 0 Å². The average Bonchev–Trinajstić information content (AvgIpc) is 2.98. The van der Waals surface area contributed by atoms with Gasteiger partial charge in [0.1, 0.15) is 0 Å². The molecule has 1 N–H and O–H groups in total. The van der Waals surface area contributed by atoms with Crippen LogP contribution in [0.4, 0.5) is 16.5 Å². The SMILES string of the molecule is c1ccc2sc(Nc3ccc(N4CCCCC4)cc3)nc2c1. The van der Waals surface area contributed by atoms with Crippen molar-refractivity contribution in [1.29, 1.82) is 0 Å². The van der Waals surface area contributed by atoms with E-state index in [0.29, 0.717) is 0 Å². The molecule has 0 unspecified atom stereocenters. The largest absolute Gasteiger partial charge is 0.372 e. The number of nitrogens with zero attached hydrogens (tertiary/aromatic N) is 2. The Balaban J connectivity index is 1.50. The number of nitrogens with one attached hydrogen (secondary N) is 1. The molecule has 0 atom stereocenters. The third-order valence-corrected chi connectivity index (χ3v) is 5.09. The average molecular weight is 309 g/mol. The Morgan fingerprint density at radius 1 is 0.909 bits per heavy atom. The third kappa shape index (κ3) is 2.79. The number of aromatic nitrogens is 1. The molecule has 1 aliphatic rings. The zero-order valence-electron chi connectivity index (χ0n) is 12.5. The van der Waals surface area contributed by atoms with Gasteiger partial charge >= 0.3 is 0 Å². The summed E-state index contributed by atoms with van der Waals surface area (Å²) in [6, 6.07) is 17.0. The highest BCUT2D eigenvalue weighted by Crippen LogP contribution is 2.29. The van der Waals surface area contributed by atoms with Crippen molar-refractivity contribution in [3.05, 3.63) is 48.5 Å². The Kier molecular flexibility index (Phi) is 3.69. The Bertz CT molecular complexity index is 724. The molecule has 2 heterocycles. The third-order valence-electron chi connectivity index (χ3n) is 4.13. The zero-order chi connectivity index (χ0) is 14.8. The molecular formula is C18H19N3S. The van der Waals surface area contributed by atoms with Crippen LogP contribution in [0.15, 0.2) is 48.5 Å². The van der Waals surface area contributed by atoms with Gasteiger partial charge in [0.2, 0.25) is 0 Å². The topological polar surface area (TPSA) is 28.2 Å². The van der Waals surface area contributed by atoms with E-state index in [1.165, 1.54) is 42.7 Å². The van der Waals surface area contributed by atoms with E-state index in [1.807, 2.05) is 6.07 Å². The van der Waals surface area contributed by atoms with Gasteiger partial charge in [-0.3, -0.25) is 0 Å². The quantitative estimate of drug-likeness (QED) is 0.735. The molecule has 1 fully saturated rings. The molecule has 1 aliphatic heterocycles. The first-order valence-electron chi connectivity index (χ1n) is 7.86. The number of rotatable bonds is 3. The molecule has 0 bridgehead atoms. The lowest BCUT2D eigenvalue weighted by Gasteiger charge is -2.28. The van der Waals surface area contributed by atoms with Gasteiger partial charge in [0, 0.05) is 24.5 Å². The highest BCUT2D eigenvalue weighted by Gasteiger charge is 2.10. The molecule has 3 aromatic rings. The normalized spacial score (nSPS) is 15.2. The predicted molar refractivity (Wildman–Crippen MR) is 95.4 cm³/mol. The van der Waals surface area contributed by atoms with Crippen molar-refractivity contribution >= 4 is 38.1 Å². The molecule has 22 heavy (non-hydrogen) atoms. The van der Waals surface area contributed by atoms with Gasteiger partial charge in [-0.15, -0.1) is 0 Å². The Morgan fingerprint density at radius 3 is 2.45 bits per heavy atom. The van der Waals surface area contributed by atoms with Crippen LogP contribution in [-0.4, -0.2) is 18.1 Å². The summed E-state index contributed by atoms with van der Waals surface area (Å²) in [6.45, 7) is 2.37. The van der Waals surface area contributed by atoms with Gasteiger partial charge in [0.25, 0.3) is 0 Å². The van der Waals surface area contributed by atoms with Crippen molar-refractivity contribution in [3.63, 3.8) is 0 Å². The maximum absolute atomic E-state index is 4.62. The Labute approximate surface area is 134 Å². The summed E-state index contributed by atoms with van der Waals surface area (Å²) in [5, 5.41) is 4.36. The first kappa shape index (κ1) is 13.6. The number of anilines is 3. The predicted octanol–water partition coefficient (Wildman–Crippen LogP) is 5.03. The van der Waals surface area contributed by atoms with E-state index in [0.717, 1.165) is 16.3 Å². The summed E-state index contributed by atoms with van der Waals surface area (Å²) in [4.78, 5) is 7.09. The first-order chi connectivity index (χ1) is 10.9. The summed E-state index contributed by atoms with van der Waals surface area (Å²) >= 11 is 1.69. The van der Waals surface area contributed by atoms with Gasteiger partial charge in [-0.05, 0) is 55.7 Å². The minimum absolute atomic E-state index is 0.951. The summed E-state index contributed by atoms with van der Waals surface area (Å²) in [7, 11) is 0. The van der Waals surface area contributed by atoms with Crippen LogP contribution < -0.4 is 10.2 Å². The monoisotopic (exact) mass is 309 g/mol. The van der Waals surface area contributed by atoms with E-state index in [9.17, 15) is 0 Å². The maximum Gasteiger partial charge on any atom is 0.188 e. The first-order valence-corrected chi connectivity index (χ1v) is 8.68. The highest BCUT2D eigenvalue weighted by atomic mass is 32.1. The number of para-hydroxylation sites is 1. The summed E-state index contributed by atoms with van der Waals surface area (Å²) < 4.78 is 1.22. The van der Waals surface area contributed by atoms with Crippen LogP contribution in [0, 0.1) is 0 Å². The van der Waals surface area contributed by atoms with E-state index in [1.54, 1.807) is 11.3 Å². The molecule has 0 amide bonds. The van der Waals surface area contributed by atoms with Gasteiger partial charge in [-0.25, -0.2) is 4.98 Å². The molecular weight excluding hydrogens is 290 g/mol. The van der Waals surface area contributed by atoms with E-state index >= 15 is 0 Å². The number of piperidine rings is 1. The van der Waals surface area contributed by atoms with Crippen molar-refractivity contribution in [3.8, 4) is 0 Å². The summed E-state index contributed by atoms with van der Waals surface area (Å²) in [6.07, 6.45) is 3.99. The van der Waals surface area contributed by atoms with E-state index in [2.05, 4.69) is 57.7 Å². The number of thiazole rings is 1. The zero-order valence-corrected chi connectivity index (χ0v) is 13.3. The van der Waals surface area contributed by atoms with E-state index in [4.69, 9.17) is 0 Å². The molecule has 4 heteroatoms. The van der Waals surface area contributed by atoms with Crippen molar-refractivity contribution in [1.82, 2.24) is 4.98 Å². The lowest BCUT2D eigenvalue weighted by Crippen LogP contribution is -2.29. The highest BCUT2D eigenvalue weighted by molar-refractivity contribution is 7.22. The van der Waals surface area contributed by atoms with Crippen LogP contribution in [0.2, 0.25) is 0 Å². The van der Waals surface area contributed by atoms with Crippen LogP contribution in [-0.2, 0) is 0 Å². The van der Waals surface area contributed by atoms with Gasteiger partial charge in [-0.1, -0.05) is 23.5 Å². The molecule has 1 saturated heterocycles. The van der Waals surface area contributed by atoms with Crippen molar-refractivity contribution < 1.29 is 0 Å². The standard InChI is InChI=1S/C18H19N3S/c1-4-12-21(13-5-1)15-10-8-14(9-11-15)19-18-20-16-6-2-3-7-17(16)22-18/h2-3,6-11H,1,4-5,12-13H2,(H,19,20). The summed E-state index contributed by atoms with van der Waals surface area (Å²) in [5.41, 5.74) is 3.48. The van der Waals surface area contributed by atoms with Crippen molar-refractivity contribution in [2.75, 3.05) is 23.3 Å². The molecule has 3 nitrogen and oxygen atoms in total. The smallest absolute Gasteiger partial charge is 0.188 e. The number of hydrogen-bond donors (Lipinski definition) is 1. The van der Waals surface area contributed by atoms with Crippen LogP contribution >= 0.6 is 11.3 Å². The van der Waals surface area contributed by atoms with Crippen molar-refractivity contribution in [2.45, 2.75) is 19.3 Å². The molecule has 112 valence electrons. The van der Waals surface area contributed by atoms with Gasteiger partial charge in [0.15, 0.2) is 5.13 Å². The number of benzene rings is 2. The minimum Gasteiger partial charge on any atom is -0.372 e. The molecule has 0 aliphatic carbocycles. The fourth-order valence-corrected chi connectivity index (χ4v) is 3.84. The lowest BCUT2D eigenvalue weighted by atomic mass is 10.1. The van der Waals surface area contributed by atoms with Gasteiger partial charge in [0.05, 0.1) is 10.2 Å². The number of hydrogen-bond acceptors (Lipinski definition) is 4. The molecule has 1 aromatic heterocycles. The van der Waals surface area contributed by atoms with Crippen molar-refractivity contribution in [2.24, 2.45) is 0 Å². The molecule has 0 radical (unpaired) electrons. The van der Waals surface area contributed by atoms with E-state index in [-0.39, 0.29) is 0 Å². The minimum atomic E-state index is 0.951. The fraction of sp³-hybridized carbons (Fsp3) is 0.278. The Morgan fingerprint density at radius 2 is 1.68 bits per heavy atom. The van der Waals surface area contributed by atoms with E-state index < -0.39 is 0 Å². The van der Waals surface area contributed by atoms with Gasteiger partial charge in [-0.2, -0.15) is 0 Å². The summed E-state index contributed by atoms with van der Waals surface area (Å²) in [5.74, 6) is 0. The molecule has 2 aromatic carbocycles. The molecule has 0 saturated carbocycles. The fourth-order valence-electron chi connectivity index (χ4n) is 2.96. The van der Waals surface area contributed by atoms with Crippen LogP contribution in [0.1, 0.15) is 19.3 Å². The van der Waals surface area contributed by atoms with Gasteiger partial charge < -0.3 is 10.2 Å². The maximum atomic E-state index is 4.62. The lowest BCUT2D eigenvalue weighted by molar-refractivity contribution is 0.578. The second-order valence-electron chi connectivity index (χ2n) is 5.71. The molecule has 0 spiro atoms. The van der Waals surface area contributed by atoms with Crippen LogP contribution in [0.3, 0.4) is 0 Å². The second-order valence-corrected chi connectivity index (χ2v) is 6.74. The Hall–Kier alpha value is -2.07. The molecule has 4 rings (SSSR count).